The normalized spacial score (nSPS) is 25.7. The van der Waals surface area contributed by atoms with Gasteiger partial charge in [-0.1, -0.05) is 20.8 Å². The molecular weight excluding hydrogens is 200 g/mol. The molecule has 0 amide bonds. The number of nitrogens with zero attached hydrogens (tertiary/aromatic N) is 1. The van der Waals surface area contributed by atoms with Gasteiger partial charge in [0.15, 0.2) is 0 Å². The van der Waals surface area contributed by atoms with Crippen LogP contribution in [0.15, 0.2) is 4.99 Å². The van der Waals surface area contributed by atoms with E-state index in [1.165, 1.54) is 0 Å². The number of nitrogens with two attached hydrogens (primary N) is 1. The Kier molecular flexibility index (Phi) is 5.26. The number of hydrogen-bond acceptors (Lipinski definition) is 2. The van der Waals surface area contributed by atoms with Gasteiger partial charge in [0.1, 0.15) is 0 Å². The van der Waals surface area contributed by atoms with Gasteiger partial charge in [0, 0.05) is 13.0 Å². The van der Waals surface area contributed by atoms with Crippen molar-refractivity contribution in [1.29, 1.82) is 0 Å². The van der Waals surface area contributed by atoms with Crippen LogP contribution in [0.25, 0.3) is 0 Å². The minimum atomic E-state index is 0.0545. The van der Waals surface area contributed by atoms with Crippen LogP contribution in [-0.4, -0.2) is 24.1 Å². The zero-order chi connectivity index (χ0) is 12.0. The minimum Gasteiger partial charge on any atom is -0.387 e. The van der Waals surface area contributed by atoms with Gasteiger partial charge in [0.2, 0.25) is 0 Å². The first-order valence-electron chi connectivity index (χ1n) is 6.62. The van der Waals surface area contributed by atoms with Crippen molar-refractivity contribution in [3.05, 3.63) is 0 Å². The molecule has 0 aromatic rings. The van der Waals surface area contributed by atoms with Crippen molar-refractivity contribution in [2.45, 2.75) is 70.9 Å². The molecule has 3 heteroatoms. The molecule has 0 bridgehead atoms. The fourth-order valence-electron chi connectivity index (χ4n) is 2.41. The predicted molar refractivity (Wildman–Crippen MR) is 68.8 cm³/mol. The maximum Gasteiger partial charge on any atom is 0.0940 e. The van der Waals surface area contributed by atoms with E-state index in [4.69, 9.17) is 10.5 Å². The van der Waals surface area contributed by atoms with Crippen LogP contribution in [0.2, 0.25) is 0 Å². The van der Waals surface area contributed by atoms with E-state index in [2.05, 4.69) is 25.8 Å². The molecule has 94 valence electrons. The third-order valence-corrected chi connectivity index (χ3v) is 3.61. The molecule has 3 nitrogen and oxygen atoms in total. The maximum absolute atomic E-state index is 5.93. The molecule has 1 saturated heterocycles. The van der Waals surface area contributed by atoms with E-state index >= 15 is 0 Å². The lowest BCUT2D eigenvalue weighted by atomic mass is 9.86. The fourth-order valence-corrected chi connectivity index (χ4v) is 2.41. The smallest absolute Gasteiger partial charge is 0.0940 e. The Hall–Kier alpha value is -0.570. The number of rotatable bonds is 5. The van der Waals surface area contributed by atoms with Gasteiger partial charge in [-0.15, -0.1) is 0 Å². The van der Waals surface area contributed by atoms with Crippen molar-refractivity contribution in [1.82, 2.24) is 0 Å². The first kappa shape index (κ1) is 13.5. The largest absolute Gasteiger partial charge is 0.387 e. The molecule has 1 aliphatic heterocycles. The highest BCUT2D eigenvalue weighted by molar-refractivity contribution is 5.80. The molecule has 0 saturated carbocycles. The Labute approximate surface area is 99.5 Å². The summed E-state index contributed by atoms with van der Waals surface area (Å²) < 4.78 is 5.93. The second-order valence-electron chi connectivity index (χ2n) is 4.76. The van der Waals surface area contributed by atoms with Gasteiger partial charge >= 0.3 is 0 Å². The average molecular weight is 226 g/mol. The lowest BCUT2D eigenvalue weighted by Crippen LogP contribution is -2.40. The molecule has 1 unspecified atom stereocenters. The molecule has 16 heavy (non-hydrogen) atoms. The van der Waals surface area contributed by atoms with Crippen LogP contribution in [-0.2, 0) is 4.74 Å². The highest BCUT2D eigenvalue weighted by Gasteiger charge is 2.34. The summed E-state index contributed by atoms with van der Waals surface area (Å²) >= 11 is 0. The first-order chi connectivity index (χ1) is 7.65. The Balaban J connectivity index is 2.59. The Morgan fingerprint density at radius 3 is 2.62 bits per heavy atom. The molecule has 0 radical (unpaired) electrons. The summed E-state index contributed by atoms with van der Waals surface area (Å²) in [6.45, 7) is 7.36. The molecule has 0 spiro atoms. The van der Waals surface area contributed by atoms with Crippen LogP contribution < -0.4 is 5.73 Å². The standard InChI is InChI=1S/C13H26N2O/c1-4-7-12(14)15-11-8-9-16-13(5-2,6-3)10-11/h11H,4-10H2,1-3H3,(H2,14,15). The summed E-state index contributed by atoms with van der Waals surface area (Å²) in [6.07, 6.45) is 6.19. The minimum absolute atomic E-state index is 0.0545. The second kappa shape index (κ2) is 6.24. The van der Waals surface area contributed by atoms with Crippen molar-refractivity contribution >= 4 is 5.84 Å². The summed E-state index contributed by atoms with van der Waals surface area (Å²) in [5, 5.41) is 0. The zero-order valence-corrected chi connectivity index (χ0v) is 11.0. The van der Waals surface area contributed by atoms with Crippen LogP contribution in [0.1, 0.15) is 59.3 Å². The summed E-state index contributed by atoms with van der Waals surface area (Å²) in [7, 11) is 0. The summed E-state index contributed by atoms with van der Waals surface area (Å²) in [5.74, 6) is 0.815. The molecule has 1 fully saturated rings. The molecular formula is C13H26N2O. The molecule has 0 aromatic carbocycles. The van der Waals surface area contributed by atoms with E-state index in [0.717, 1.165) is 51.0 Å². The molecule has 2 N–H and O–H groups in total. The molecule has 1 heterocycles. The second-order valence-corrected chi connectivity index (χ2v) is 4.76. The van der Waals surface area contributed by atoms with E-state index in [1.807, 2.05) is 0 Å². The van der Waals surface area contributed by atoms with Crippen molar-refractivity contribution in [2.75, 3.05) is 6.61 Å². The SMILES string of the molecule is CCCC(N)=NC1CCOC(CC)(CC)C1. The topological polar surface area (TPSA) is 47.6 Å². The van der Waals surface area contributed by atoms with Gasteiger partial charge in [-0.3, -0.25) is 4.99 Å². The monoisotopic (exact) mass is 226 g/mol. The summed E-state index contributed by atoms with van der Waals surface area (Å²) in [4.78, 5) is 4.63. The number of hydrogen-bond donors (Lipinski definition) is 1. The van der Waals surface area contributed by atoms with Crippen molar-refractivity contribution in [3.8, 4) is 0 Å². The van der Waals surface area contributed by atoms with Gasteiger partial charge in [0.25, 0.3) is 0 Å². The molecule has 0 aromatic heterocycles. The Bertz CT molecular complexity index is 234. The number of aliphatic imine (C=N–C) groups is 1. The van der Waals surface area contributed by atoms with E-state index in [0.29, 0.717) is 6.04 Å². The molecule has 1 aliphatic rings. The van der Waals surface area contributed by atoms with Gasteiger partial charge in [-0.05, 0) is 32.1 Å². The Morgan fingerprint density at radius 2 is 2.06 bits per heavy atom. The van der Waals surface area contributed by atoms with Gasteiger partial charge < -0.3 is 10.5 Å². The average Bonchev–Trinajstić information content (AvgIpc) is 2.29. The molecule has 1 atom stereocenters. The van der Waals surface area contributed by atoms with Gasteiger partial charge in [-0.2, -0.15) is 0 Å². The quantitative estimate of drug-likeness (QED) is 0.579. The van der Waals surface area contributed by atoms with E-state index < -0.39 is 0 Å². The van der Waals surface area contributed by atoms with Crippen molar-refractivity contribution in [2.24, 2.45) is 10.7 Å². The van der Waals surface area contributed by atoms with Gasteiger partial charge in [-0.25, -0.2) is 0 Å². The van der Waals surface area contributed by atoms with Crippen LogP contribution in [0.4, 0.5) is 0 Å². The van der Waals surface area contributed by atoms with Crippen LogP contribution in [0.3, 0.4) is 0 Å². The van der Waals surface area contributed by atoms with E-state index in [1.54, 1.807) is 0 Å². The van der Waals surface area contributed by atoms with Crippen molar-refractivity contribution < 1.29 is 4.74 Å². The van der Waals surface area contributed by atoms with Gasteiger partial charge in [0.05, 0.1) is 17.5 Å². The third kappa shape index (κ3) is 3.48. The molecule has 1 rings (SSSR count). The lowest BCUT2D eigenvalue weighted by Gasteiger charge is -2.38. The lowest BCUT2D eigenvalue weighted by molar-refractivity contribution is -0.0884. The van der Waals surface area contributed by atoms with Crippen LogP contribution >= 0.6 is 0 Å². The molecule has 0 aliphatic carbocycles. The summed E-state index contributed by atoms with van der Waals surface area (Å²) in [5.41, 5.74) is 5.95. The van der Waals surface area contributed by atoms with E-state index in [-0.39, 0.29) is 5.60 Å². The Morgan fingerprint density at radius 1 is 1.38 bits per heavy atom. The third-order valence-electron chi connectivity index (χ3n) is 3.61. The predicted octanol–water partition coefficient (Wildman–Crippen LogP) is 2.88. The number of amidine groups is 1. The number of ether oxygens (including phenoxy) is 1. The fraction of sp³-hybridized carbons (Fsp3) is 0.923. The van der Waals surface area contributed by atoms with E-state index in [9.17, 15) is 0 Å². The van der Waals surface area contributed by atoms with Crippen LogP contribution in [0.5, 0.6) is 0 Å². The first-order valence-corrected chi connectivity index (χ1v) is 6.62. The zero-order valence-electron chi connectivity index (χ0n) is 11.0. The highest BCUT2D eigenvalue weighted by Crippen LogP contribution is 2.32. The van der Waals surface area contributed by atoms with Crippen LogP contribution in [0, 0.1) is 0 Å². The summed E-state index contributed by atoms with van der Waals surface area (Å²) in [6, 6.07) is 0.375. The van der Waals surface area contributed by atoms with Crippen molar-refractivity contribution in [3.63, 3.8) is 0 Å². The highest BCUT2D eigenvalue weighted by atomic mass is 16.5. The maximum atomic E-state index is 5.93.